The van der Waals surface area contributed by atoms with Crippen molar-refractivity contribution in [2.45, 2.75) is 19.8 Å². The Morgan fingerprint density at radius 1 is 1.26 bits per heavy atom. The van der Waals surface area contributed by atoms with Crippen LogP contribution in [0.4, 0.5) is 0 Å². The first kappa shape index (κ1) is 15.2. The van der Waals surface area contributed by atoms with E-state index in [4.69, 9.17) is 4.74 Å². The molecule has 2 amide bonds. The summed E-state index contributed by atoms with van der Waals surface area (Å²) in [5.41, 5.74) is 0.375. The Hall–Kier alpha value is -1.85. The van der Waals surface area contributed by atoms with Crippen LogP contribution in [0.15, 0.2) is 12.2 Å². The number of hydrogen-bond donors (Lipinski definition) is 0. The molecule has 1 fully saturated rings. The highest BCUT2D eigenvalue weighted by atomic mass is 16.5. The van der Waals surface area contributed by atoms with Gasteiger partial charge in [0.2, 0.25) is 0 Å². The number of carbonyl (C=O) groups is 3. The Morgan fingerprint density at radius 2 is 1.95 bits per heavy atom. The van der Waals surface area contributed by atoms with Crippen molar-refractivity contribution in [3.8, 4) is 0 Å². The summed E-state index contributed by atoms with van der Waals surface area (Å²) in [4.78, 5) is 37.2. The van der Waals surface area contributed by atoms with Crippen LogP contribution in [0, 0.1) is 0 Å². The van der Waals surface area contributed by atoms with Crippen LogP contribution in [-0.2, 0) is 19.1 Å². The van der Waals surface area contributed by atoms with Gasteiger partial charge in [0, 0.05) is 32.3 Å². The smallest absolute Gasteiger partial charge is 0.333 e. The van der Waals surface area contributed by atoms with Gasteiger partial charge in [0.25, 0.3) is 0 Å². The highest BCUT2D eigenvalue weighted by molar-refractivity contribution is 6.35. The first-order valence-corrected chi connectivity index (χ1v) is 6.30. The molecule has 106 valence electrons. The first-order valence-electron chi connectivity index (χ1n) is 6.30. The molecule has 19 heavy (non-hydrogen) atoms. The van der Waals surface area contributed by atoms with Gasteiger partial charge in [-0.05, 0) is 19.8 Å². The van der Waals surface area contributed by atoms with E-state index in [1.54, 1.807) is 18.9 Å². The van der Waals surface area contributed by atoms with Gasteiger partial charge >= 0.3 is 17.8 Å². The standard InChI is InChI=1S/C13H20N2O4/c1-10(2)13(18)19-9-5-4-6-15-8-7-14(3)11(16)12(15)17/h1,4-9H2,2-3H3. The van der Waals surface area contributed by atoms with Gasteiger partial charge in [-0.2, -0.15) is 0 Å². The van der Waals surface area contributed by atoms with Crippen molar-refractivity contribution in [2.75, 3.05) is 33.3 Å². The number of amides is 2. The topological polar surface area (TPSA) is 66.9 Å². The highest BCUT2D eigenvalue weighted by Gasteiger charge is 2.29. The van der Waals surface area contributed by atoms with Crippen molar-refractivity contribution in [1.29, 1.82) is 0 Å². The van der Waals surface area contributed by atoms with E-state index in [1.807, 2.05) is 0 Å². The lowest BCUT2D eigenvalue weighted by Gasteiger charge is -2.31. The number of piperazine rings is 1. The summed E-state index contributed by atoms with van der Waals surface area (Å²) < 4.78 is 4.94. The normalized spacial score (nSPS) is 15.7. The predicted octanol–water partition coefficient (Wildman–Crippen LogP) is 0.187. The fourth-order valence-electron chi connectivity index (χ4n) is 1.68. The summed E-state index contributed by atoms with van der Waals surface area (Å²) in [7, 11) is 1.62. The van der Waals surface area contributed by atoms with Crippen molar-refractivity contribution >= 4 is 17.8 Å². The van der Waals surface area contributed by atoms with Gasteiger partial charge in [-0.3, -0.25) is 9.59 Å². The van der Waals surface area contributed by atoms with E-state index in [-0.39, 0.29) is 0 Å². The summed E-state index contributed by atoms with van der Waals surface area (Å²) in [5.74, 6) is -1.31. The average Bonchev–Trinajstić information content (AvgIpc) is 2.37. The molecule has 1 saturated heterocycles. The van der Waals surface area contributed by atoms with E-state index in [0.29, 0.717) is 44.7 Å². The van der Waals surface area contributed by atoms with E-state index in [1.165, 1.54) is 4.90 Å². The molecule has 6 nitrogen and oxygen atoms in total. The number of hydrogen-bond acceptors (Lipinski definition) is 4. The molecule has 0 radical (unpaired) electrons. The first-order chi connectivity index (χ1) is 8.93. The molecule has 0 aromatic rings. The zero-order valence-corrected chi connectivity index (χ0v) is 11.5. The van der Waals surface area contributed by atoms with Crippen LogP contribution in [0.3, 0.4) is 0 Å². The third kappa shape index (κ3) is 4.39. The quantitative estimate of drug-likeness (QED) is 0.298. The Bertz CT molecular complexity index is 392. The lowest BCUT2D eigenvalue weighted by atomic mass is 10.2. The minimum Gasteiger partial charge on any atom is -0.462 e. The Kier molecular flexibility index (Phi) is 5.54. The lowest BCUT2D eigenvalue weighted by molar-refractivity contribution is -0.155. The maximum Gasteiger partial charge on any atom is 0.333 e. The molecular weight excluding hydrogens is 248 g/mol. The molecule has 0 aromatic heterocycles. The molecule has 0 bridgehead atoms. The Morgan fingerprint density at radius 3 is 2.58 bits per heavy atom. The van der Waals surface area contributed by atoms with Crippen LogP contribution in [0.2, 0.25) is 0 Å². The molecule has 0 N–H and O–H groups in total. The van der Waals surface area contributed by atoms with Gasteiger partial charge in [0.05, 0.1) is 6.61 Å². The average molecular weight is 268 g/mol. The number of nitrogens with zero attached hydrogens (tertiary/aromatic N) is 2. The number of ether oxygens (including phenoxy) is 1. The highest BCUT2D eigenvalue weighted by Crippen LogP contribution is 2.05. The molecular formula is C13H20N2O4. The van der Waals surface area contributed by atoms with Crippen molar-refractivity contribution < 1.29 is 19.1 Å². The maximum absolute atomic E-state index is 11.6. The largest absolute Gasteiger partial charge is 0.462 e. The molecule has 1 aliphatic rings. The van der Waals surface area contributed by atoms with Crippen LogP contribution >= 0.6 is 0 Å². The van der Waals surface area contributed by atoms with E-state index in [9.17, 15) is 14.4 Å². The van der Waals surface area contributed by atoms with Gasteiger partial charge < -0.3 is 14.5 Å². The molecule has 1 rings (SSSR count). The van der Waals surface area contributed by atoms with Gasteiger partial charge in [-0.15, -0.1) is 0 Å². The zero-order valence-electron chi connectivity index (χ0n) is 11.5. The summed E-state index contributed by atoms with van der Waals surface area (Å²) in [6, 6.07) is 0. The summed E-state index contributed by atoms with van der Waals surface area (Å²) >= 11 is 0. The number of unbranched alkanes of at least 4 members (excludes halogenated alkanes) is 1. The molecule has 0 atom stereocenters. The van der Waals surface area contributed by atoms with Crippen LogP contribution < -0.4 is 0 Å². The van der Waals surface area contributed by atoms with Gasteiger partial charge in [-0.25, -0.2) is 4.79 Å². The van der Waals surface area contributed by atoms with Crippen LogP contribution in [0.5, 0.6) is 0 Å². The minimum atomic E-state index is -0.458. The van der Waals surface area contributed by atoms with Crippen LogP contribution in [0.1, 0.15) is 19.8 Å². The molecule has 0 aromatic carbocycles. The second kappa shape index (κ2) is 6.92. The van der Waals surface area contributed by atoms with Crippen LogP contribution in [-0.4, -0.2) is 60.9 Å². The van der Waals surface area contributed by atoms with Gasteiger partial charge in [0.15, 0.2) is 0 Å². The molecule has 0 spiro atoms. The lowest BCUT2D eigenvalue weighted by Crippen LogP contribution is -2.52. The van der Waals surface area contributed by atoms with Crippen molar-refractivity contribution in [3.63, 3.8) is 0 Å². The SMILES string of the molecule is C=C(C)C(=O)OCCCCN1CCN(C)C(=O)C1=O. The number of rotatable bonds is 6. The van der Waals surface area contributed by atoms with Gasteiger partial charge in [-0.1, -0.05) is 6.58 Å². The third-order valence-electron chi connectivity index (χ3n) is 2.93. The second-order valence-electron chi connectivity index (χ2n) is 4.64. The third-order valence-corrected chi connectivity index (χ3v) is 2.93. The monoisotopic (exact) mass is 268 g/mol. The molecule has 0 aliphatic carbocycles. The number of carbonyl (C=O) groups excluding carboxylic acids is 3. The second-order valence-corrected chi connectivity index (χ2v) is 4.64. The van der Waals surface area contributed by atoms with E-state index in [0.717, 1.165) is 0 Å². The number of esters is 1. The van der Waals surface area contributed by atoms with Crippen molar-refractivity contribution in [1.82, 2.24) is 9.80 Å². The summed E-state index contributed by atoms with van der Waals surface area (Å²) in [6.45, 7) is 7.03. The van der Waals surface area contributed by atoms with Crippen molar-refractivity contribution in [3.05, 3.63) is 12.2 Å². The van der Waals surface area contributed by atoms with Crippen LogP contribution in [0.25, 0.3) is 0 Å². The molecule has 6 heteroatoms. The van der Waals surface area contributed by atoms with E-state index in [2.05, 4.69) is 6.58 Å². The fraction of sp³-hybridized carbons (Fsp3) is 0.615. The van der Waals surface area contributed by atoms with E-state index < -0.39 is 17.8 Å². The Labute approximate surface area is 113 Å². The Balaban J connectivity index is 2.20. The van der Waals surface area contributed by atoms with Gasteiger partial charge in [0.1, 0.15) is 0 Å². The fourth-order valence-corrected chi connectivity index (χ4v) is 1.68. The maximum atomic E-state index is 11.6. The van der Waals surface area contributed by atoms with E-state index >= 15 is 0 Å². The molecule has 1 heterocycles. The molecule has 0 unspecified atom stereocenters. The number of likely N-dealkylation sites (N-methyl/N-ethyl adjacent to an activating group) is 1. The minimum absolute atomic E-state index is 0.307. The molecule has 1 aliphatic heterocycles. The van der Waals surface area contributed by atoms with Crippen molar-refractivity contribution in [2.24, 2.45) is 0 Å². The molecule has 0 saturated carbocycles. The summed E-state index contributed by atoms with van der Waals surface area (Å²) in [5, 5.41) is 0. The zero-order chi connectivity index (χ0) is 14.4. The predicted molar refractivity (Wildman–Crippen MR) is 69.2 cm³/mol. The summed E-state index contributed by atoms with van der Waals surface area (Å²) in [6.07, 6.45) is 1.36.